The quantitative estimate of drug-likeness (QED) is 0.426. The summed E-state index contributed by atoms with van der Waals surface area (Å²) in [6.45, 7) is 5.51. The lowest BCUT2D eigenvalue weighted by atomic mass is 10.2. The molecule has 3 rings (SSSR count). The molecule has 0 radical (unpaired) electrons. The summed E-state index contributed by atoms with van der Waals surface area (Å²) < 4.78 is 11.1. The van der Waals surface area contributed by atoms with Gasteiger partial charge >= 0.3 is 0 Å². The monoisotopic (exact) mass is 361 g/mol. The second-order valence-electron chi connectivity index (χ2n) is 5.67. The van der Waals surface area contributed by atoms with Gasteiger partial charge in [-0.15, -0.1) is 11.3 Å². The number of thiazole rings is 1. The highest BCUT2D eigenvalue weighted by Crippen LogP contribution is 2.16. The number of nitrogens with two attached hydrogens (primary N) is 1. The molecule has 1 aromatic heterocycles. The molecule has 7 nitrogen and oxygen atoms in total. The number of aromatic nitrogens is 1. The van der Waals surface area contributed by atoms with E-state index in [4.69, 9.17) is 15.2 Å². The van der Waals surface area contributed by atoms with Gasteiger partial charge in [-0.1, -0.05) is 0 Å². The number of hydrogen-bond donors (Lipinski definition) is 2. The minimum Gasteiger partial charge on any atom is -0.494 e. The molecule has 25 heavy (non-hydrogen) atoms. The number of ether oxygens (including phenoxy) is 2. The Kier molecular flexibility index (Phi) is 6.61. The highest BCUT2D eigenvalue weighted by Gasteiger charge is 2.09. The van der Waals surface area contributed by atoms with E-state index in [-0.39, 0.29) is 0 Å². The molecule has 0 bridgehead atoms. The Morgan fingerprint density at radius 3 is 2.84 bits per heavy atom. The molecule has 1 fully saturated rings. The molecule has 1 aliphatic rings. The van der Waals surface area contributed by atoms with Crippen LogP contribution in [0.2, 0.25) is 0 Å². The van der Waals surface area contributed by atoms with Gasteiger partial charge in [-0.05, 0) is 36.2 Å². The lowest BCUT2D eigenvalue weighted by molar-refractivity contribution is 0.0358. The van der Waals surface area contributed by atoms with Crippen LogP contribution in [0, 0.1) is 0 Å². The van der Waals surface area contributed by atoms with Crippen molar-refractivity contribution in [2.45, 2.75) is 6.42 Å². The Balaban J connectivity index is 1.36. The third kappa shape index (κ3) is 6.00. The van der Waals surface area contributed by atoms with Gasteiger partial charge in [0.1, 0.15) is 11.6 Å². The largest absolute Gasteiger partial charge is 0.494 e. The first-order valence-corrected chi connectivity index (χ1v) is 9.20. The average Bonchev–Trinajstić information content (AvgIpc) is 3.06. The third-order valence-corrected chi connectivity index (χ3v) is 4.53. The first-order chi connectivity index (χ1) is 12.3. The van der Waals surface area contributed by atoms with Crippen LogP contribution in [-0.4, -0.2) is 55.6 Å². The predicted octanol–water partition coefficient (Wildman–Crippen LogP) is 2.27. The van der Waals surface area contributed by atoms with E-state index in [9.17, 15) is 0 Å². The number of hydrogen-bond acceptors (Lipinski definition) is 8. The average molecular weight is 361 g/mol. The SMILES string of the molecule is Nc1csc(NN=Cc2ccc(OCCCN3CCOCC3)cc2)n1. The summed E-state index contributed by atoms with van der Waals surface area (Å²) in [7, 11) is 0. The van der Waals surface area contributed by atoms with Crippen LogP contribution in [0.1, 0.15) is 12.0 Å². The zero-order chi connectivity index (χ0) is 17.3. The van der Waals surface area contributed by atoms with Gasteiger partial charge in [0.25, 0.3) is 0 Å². The van der Waals surface area contributed by atoms with Gasteiger partial charge in [-0.2, -0.15) is 5.10 Å². The zero-order valence-electron chi connectivity index (χ0n) is 14.1. The molecule has 0 saturated carbocycles. The van der Waals surface area contributed by atoms with Crippen LogP contribution in [0.4, 0.5) is 10.9 Å². The fourth-order valence-electron chi connectivity index (χ4n) is 2.45. The number of morpholine rings is 1. The summed E-state index contributed by atoms with van der Waals surface area (Å²) in [6, 6.07) is 7.85. The van der Waals surface area contributed by atoms with Crippen molar-refractivity contribution in [3.63, 3.8) is 0 Å². The summed E-state index contributed by atoms with van der Waals surface area (Å²) in [5, 5.41) is 6.58. The standard InChI is InChI=1S/C17H23N5O2S/c18-16-13-25-17(20-16)21-19-12-14-2-4-15(5-3-14)24-9-1-6-22-7-10-23-11-8-22/h2-5,12-13H,1,6-11,18H2,(H,20,21). The lowest BCUT2D eigenvalue weighted by Crippen LogP contribution is -2.37. The minimum absolute atomic E-state index is 0.498. The maximum Gasteiger partial charge on any atom is 0.205 e. The van der Waals surface area contributed by atoms with Crippen LogP contribution in [0.3, 0.4) is 0 Å². The molecule has 0 atom stereocenters. The van der Waals surface area contributed by atoms with Crippen molar-refractivity contribution in [1.29, 1.82) is 0 Å². The van der Waals surface area contributed by atoms with E-state index in [1.807, 2.05) is 24.3 Å². The smallest absolute Gasteiger partial charge is 0.205 e. The summed E-state index contributed by atoms with van der Waals surface area (Å²) in [4.78, 5) is 6.48. The molecule has 2 aromatic rings. The molecule has 1 aromatic carbocycles. The van der Waals surface area contributed by atoms with E-state index < -0.39 is 0 Å². The number of rotatable bonds is 8. The van der Waals surface area contributed by atoms with Crippen molar-refractivity contribution in [2.75, 3.05) is 50.6 Å². The van der Waals surface area contributed by atoms with Gasteiger partial charge in [0.2, 0.25) is 5.13 Å². The van der Waals surface area contributed by atoms with E-state index in [2.05, 4.69) is 20.4 Å². The van der Waals surface area contributed by atoms with Gasteiger partial charge < -0.3 is 15.2 Å². The minimum atomic E-state index is 0.498. The zero-order valence-corrected chi connectivity index (χ0v) is 14.9. The molecule has 0 spiro atoms. The van der Waals surface area contributed by atoms with Crippen molar-refractivity contribution in [2.24, 2.45) is 5.10 Å². The molecule has 134 valence electrons. The van der Waals surface area contributed by atoms with E-state index in [0.717, 1.165) is 57.2 Å². The summed E-state index contributed by atoms with van der Waals surface area (Å²) >= 11 is 1.42. The van der Waals surface area contributed by atoms with Crippen molar-refractivity contribution in [3.8, 4) is 5.75 Å². The van der Waals surface area contributed by atoms with Crippen LogP contribution >= 0.6 is 11.3 Å². The molecule has 2 heterocycles. The molecular formula is C17H23N5O2S. The van der Waals surface area contributed by atoms with Crippen molar-refractivity contribution in [3.05, 3.63) is 35.2 Å². The summed E-state index contributed by atoms with van der Waals surface area (Å²) in [6.07, 6.45) is 2.75. The Morgan fingerprint density at radius 2 is 2.12 bits per heavy atom. The number of benzene rings is 1. The Morgan fingerprint density at radius 1 is 1.32 bits per heavy atom. The molecule has 0 unspecified atom stereocenters. The number of anilines is 2. The highest BCUT2D eigenvalue weighted by atomic mass is 32.1. The summed E-state index contributed by atoms with van der Waals surface area (Å²) in [5.41, 5.74) is 9.39. The number of nitrogens with zero attached hydrogens (tertiary/aromatic N) is 3. The Labute approximate surface area is 151 Å². The van der Waals surface area contributed by atoms with Crippen molar-refractivity contribution in [1.82, 2.24) is 9.88 Å². The molecule has 0 amide bonds. The first kappa shape index (κ1) is 17.7. The topological polar surface area (TPSA) is 85.0 Å². The molecule has 1 aliphatic heterocycles. The van der Waals surface area contributed by atoms with Gasteiger partial charge in [0.05, 0.1) is 26.0 Å². The summed E-state index contributed by atoms with van der Waals surface area (Å²) in [5.74, 6) is 1.37. The van der Waals surface area contributed by atoms with Crippen LogP contribution < -0.4 is 15.9 Å². The number of nitrogens with one attached hydrogen (secondary N) is 1. The van der Waals surface area contributed by atoms with E-state index >= 15 is 0 Å². The second kappa shape index (κ2) is 9.36. The first-order valence-electron chi connectivity index (χ1n) is 8.33. The van der Waals surface area contributed by atoms with Crippen LogP contribution in [-0.2, 0) is 4.74 Å². The third-order valence-electron chi connectivity index (χ3n) is 3.77. The molecule has 1 saturated heterocycles. The van der Waals surface area contributed by atoms with E-state index in [1.54, 1.807) is 11.6 Å². The fourth-order valence-corrected chi connectivity index (χ4v) is 3.00. The van der Waals surface area contributed by atoms with E-state index in [1.165, 1.54) is 11.3 Å². The van der Waals surface area contributed by atoms with Crippen LogP contribution in [0.5, 0.6) is 5.75 Å². The van der Waals surface area contributed by atoms with Gasteiger partial charge in [0, 0.05) is 25.0 Å². The maximum absolute atomic E-state index is 5.79. The fraction of sp³-hybridized carbons (Fsp3) is 0.412. The molecule has 0 aliphatic carbocycles. The van der Waals surface area contributed by atoms with Crippen LogP contribution in [0.25, 0.3) is 0 Å². The Bertz CT molecular complexity index is 668. The normalized spacial score (nSPS) is 15.5. The number of hydrazone groups is 1. The molecule has 8 heteroatoms. The second-order valence-corrected chi connectivity index (χ2v) is 6.53. The number of nitrogen functional groups attached to an aromatic ring is 1. The molecule has 3 N–H and O–H groups in total. The highest BCUT2D eigenvalue weighted by molar-refractivity contribution is 7.14. The van der Waals surface area contributed by atoms with Crippen LogP contribution in [0.15, 0.2) is 34.7 Å². The van der Waals surface area contributed by atoms with Crippen molar-refractivity contribution < 1.29 is 9.47 Å². The lowest BCUT2D eigenvalue weighted by Gasteiger charge is -2.26. The predicted molar refractivity (Wildman–Crippen MR) is 102 cm³/mol. The maximum atomic E-state index is 5.79. The Hall–Kier alpha value is -2.16. The van der Waals surface area contributed by atoms with E-state index in [0.29, 0.717) is 10.9 Å². The van der Waals surface area contributed by atoms with Crippen molar-refractivity contribution >= 4 is 28.5 Å². The molecular weight excluding hydrogens is 338 g/mol. The van der Waals surface area contributed by atoms with Gasteiger partial charge in [0.15, 0.2) is 0 Å². The van der Waals surface area contributed by atoms with Gasteiger partial charge in [-0.3, -0.25) is 10.3 Å². The van der Waals surface area contributed by atoms with Gasteiger partial charge in [-0.25, -0.2) is 4.98 Å².